The summed E-state index contributed by atoms with van der Waals surface area (Å²) < 4.78 is 16.7. The Morgan fingerprint density at radius 3 is 2.62 bits per heavy atom. The number of nitrogens with two attached hydrogens (primary N) is 1. The van der Waals surface area contributed by atoms with Crippen molar-refractivity contribution in [3.63, 3.8) is 0 Å². The molecule has 0 radical (unpaired) electrons. The molecule has 1 aliphatic carbocycles. The fourth-order valence-corrected chi connectivity index (χ4v) is 4.42. The van der Waals surface area contributed by atoms with Crippen LogP contribution in [-0.2, 0) is 4.79 Å². The summed E-state index contributed by atoms with van der Waals surface area (Å²) in [6.45, 7) is 0.797. The van der Waals surface area contributed by atoms with E-state index in [4.69, 9.17) is 5.73 Å². The van der Waals surface area contributed by atoms with Crippen LogP contribution in [-0.4, -0.2) is 45.7 Å². The molecule has 1 saturated heterocycles. The number of aromatic nitrogens is 2. The number of amides is 1. The van der Waals surface area contributed by atoms with Crippen molar-refractivity contribution in [1.29, 1.82) is 0 Å². The molecule has 9 nitrogen and oxygen atoms in total. The Labute approximate surface area is 194 Å². The molecule has 3 aromatic rings. The lowest BCUT2D eigenvalue weighted by molar-refractivity contribution is -0.123. The molecule has 1 aliphatic heterocycles. The topological polar surface area (TPSA) is 131 Å². The lowest BCUT2D eigenvalue weighted by Crippen LogP contribution is -2.42. The van der Waals surface area contributed by atoms with Crippen molar-refractivity contribution in [3.8, 4) is 0 Å². The Morgan fingerprint density at radius 1 is 1.21 bits per heavy atom. The number of benzene rings is 1. The van der Waals surface area contributed by atoms with E-state index in [9.17, 15) is 19.5 Å². The van der Waals surface area contributed by atoms with Crippen LogP contribution in [0.4, 0.5) is 10.2 Å². The summed E-state index contributed by atoms with van der Waals surface area (Å²) in [4.78, 5) is 42.9. The molecule has 2 atom stereocenters. The quantitative estimate of drug-likeness (QED) is 0.507. The fraction of sp³-hybridized carbons (Fsp3) is 0.333. The third-order valence-corrected chi connectivity index (χ3v) is 6.39. The number of rotatable bonds is 6. The molecule has 2 aliphatic rings. The Hall–Kier alpha value is -3.79. The van der Waals surface area contributed by atoms with Gasteiger partial charge in [0.15, 0.2) is 11.6 Å². The average molecular weight is 465 g/mol. The van der Waals surface area contributed by atoms with E-state index in [1.165, 1.54) is 6.20 Å². The Balaban J connectivity index is 1.40. The molecule has 3 heterocycles. The average Bonchev–Trinajstić information content (AvgIpc) is 3.57. The van der Waals surface area contributed by atoms with Crippen LogP contribution in [0.3, 0.4) is 0 Å². The van der Waals surface area contributed by atoms with Crippen molar-refractivity contribution in [1.82, 2.24) is 14.9 Å². The van der Waals surface area contributed by atoms with Crippen LogP contribution in [0.5, 0.6) is 0 Å². The monoisotopic (exact) mass is 465 g/mol. The smallest absolute Gasteiger partial charge is 0.341 e. The van der Waals surface area contributed by atoms with Gasteiger partial charge in [0.2, 0.25) is 11.3 Å². The fourth-order valence-electron chi connectivity index (χ4n) is 4.42. The minimum absolute atomic E-state index is 0.0390. The third-order valence-electron chi connectivity index (χ3n) is 6.39. The Kier molecular flexibility index (Phi) is 5.52. The van der Waals surface area contributed by atoms with E-state index in [0.29, 0.717) is 25.1 Å². The lowest BCUT2D eigenvalue weighted by atomic mass is 10.1. The number of carboxylic acid groups (broad SMARTS) is 1. The van der Waals surface area contributed by atoms with Crippen molar-refractivity contribution >= 4 is 28.7 Å². The first-order valence-electron chi connectivity index (χ1n) is 11.2. The number of hydrogen-bond acceptors (Lipinski definition) is 6. The molecule has 1 aromatic carbocycles. The van der Waals surface area contributed by atoms with Crippen LogP contribution in [0.2, 0.25) is 0 Å². The maximum absolute atomic E-state index is 15.1. The molecular weight excluding hydrogens is 441 g/mol. The molecule has 0 bridgehead atoms. The van der Waals surface area contributed by atoms with E-state index in [1.807, 2.05) is 18.2 Å². The molecule has 5 rings (SSSR count). The number of aromatic carboxylic acids is 1. The highest BCUT2D eigenvalue weighted by molar-refractivity contribution is 5.92. The molecule has 1 amide bonds. The van der Waals surface area contributed by atoms with Crippen molar-refractivity contribution in [2.24, 2.45) is 5.73 Å². The zero-order valence-electron chi connectivity index (χ0n) is 18.3. The Bertz CT molecular complexity index is 1340. The van der Waals surface area contributed by atoms with Crippen molar-refractivity contribution in [2.45, 2.75) is 37.4 Å². The molecule has 1 saturated carbocycles. The summed E-state index contributed by atoms with van der Waals surface area (Å²) in [7, 11) is 0. The van der Waals surface area contributed by atoms with Gasteiger partial charge in [-0.05, 0) is 30.9 Å². The maximum Gasteiger partial charge on any atom is 0.341 e. The molecule has 10 heteroatoms. The van der Waals surface area contributed by atoms with Gasteiger partial charge >= 0.3 is 5.97 Å². The predicted octanol–water partition coefficient (Wildman–Crippen LogP) is 1.96. The second-order valence-electron chi connectivity index (χ2n) is 8.81. The van der Waals surface area contributed by atoms with Crippen molar-refractivity contribution < 1.29 is 19.1 Å². The lowest BCUT2D eigenvalue weighted by Gasteiger charge is -2.21. The molecule has 2 aromatic heterocycles. The second-order valence-corrected chi connectivity index (χ2v) is 8.81. The van der Waals surface area contributed by atoms with E-state index >= 15 is 4.39 Å². The van der Waals surface area contributed by atoms with E-state index in [2.05, 4.69) is 10.3 Å². The van der Waals surface area contributed by atoms with Crippen LogP contribution in [0.1, 0.15) is 47.3 Å². The number of pyridine rings is 2. The number of hydrogen-bond donors (Lipinski definition) is 3. The van der Waals surface area contributed by atoms with Gasteiger partial charge in [0, 0.05) is 31.4 Å². The first-order chi connectivity index (χ1) is 16.3. The standard InChI is InChI=1S/C24H24FN5O4/c25-18-10-16-20(31)17(24(33)34)12-30(15-6-7-15)21(16)28-22(18)29-9-8-14(11-29)27-23(32)19(26)13-4-2-1-3-5-13/h1-5,10,12,14-15,19H,6-9,11,26H2,(H,27,32)(H,33,34). The van der Waals surface area contributed by atoms with E-state index in [0.717, 1.165) is 18.9 Å². The van der Waals surface area contributed by atoms with Crippen LogP contribution >= 0.6 is 0 Å². The minimum Gasteiger partial charge on any atom is -0.477 e. The molecule has 176 valence electrons. The summed E-state index contributed by atoms with van der Waals surface area (Å²) in [5.74, 6) is -2.29. The number of nitrogens with one attached hydrogen (secondary N) is 1. The Morgan fingerprint density at radius 2 is 1.94 bits per heavy atom. The highest BCUT2D eigenvalue weighted by Gasteiger charge is 2.31. The minimum atomic E-state index is -1.35. The van der Waals surface area contributed by atoms with Crippen LogP contribution in [0, 0.1) is 5.82 Å². The SMILES string of the molecule is NC(C(=O)NC1CCN(c2nc3c(cc2F)c(=O)c(C(=O)O)cn3C2CC2)C1)c1ccccc1. The maximum atomic E-state index is 15.1. The number of carbonyl (C=O) groups is 2. The number of fused-ring (bicyclic) bond motifs is 1. The predicted molar refractivity (Wildman–Crippen MR) is 123 cm³/mol. The molecule has 2 unspecified atom stereocenters. The van der Waals surface area contributed by atoms with Crippen LogP contribution in [0.25, 0.3) is 11.0 Å². The van der Waals surface area contributed by atoms with Crippen LogP contribution in [0.15, 0.2) is 47.4 Å². The van der Waals surface area contributed by atoms with Gasteiger partial charge in [-0.25, -0.2) is 14.2 Å². The van der Waals surface area contributed by atoms with E-state index < -0.39 is 28.8 Å². The van der Waals surface area contributed by atoms with Gasteiger partial charge in [0.05, 0.1) is 5.39 Å². The second kappa shape index (κ2) is 8.53. The molecule has 4 N–H and O–H groups in total. The van der Waals surface area contributed by atoms with Gasteiger partial charge in [-0.3, -0.25) is 9.59 Å². The summed E-state index contributed by atoms with van der Waals surface area (Å²) in [5.41, 5.74) is 5.90. The third kappa shape index (κ3) is 4.01. The summed E-state index contributed by atoms with van der Waals surface area (Å²) in [6, 6.07) is 9.12. The van der Waals surface area contributed by atoms with Gasteiger partial charge in [-0.2, -0.15) is 0 Å². The largest absolute Gasteiger partial charge is 0.477 e. The molecule has 34 heavy (non-hydrogen) atoms. The number of carboxylic acids is 1. The highest BCUT2D eigenvalue weighted by Crippen LogP contribution is 2.37. The van der Waals surface area contributed by atoms with Crippen LogP contribution < -0.4 is 21.4 Å². The molecule has 2 fully saturated rings. The number of carbonyl (C=O) groups excluding carboxylic acids is 1. The normalized spacial score (nSPS) is 18.8. The summed E-state index contributed by atoms with van der Waals surface area (Å²) in [5, 5.41) is 12.3. The number of nitrogens with zero attached hydrogens (tertiary/aromatic N) is 3. The zero-order chi connectivity index (χ0) is 24.0. The van der Waals surface area contributed by atoms with Gasteiger partial charge in [0.1, 0.15) is 17.3 Å². The van der Waals surface area contributed by atoms with Crippen molar-refractivity contribution in [2.75, 3.05) is 18.0 Å². The van der Waals surface area contributed by atoms with Gasteiger partial charge in [0.25, 0.3) is 0 Å². The van der Waals surface area contributed by atoms with E-state index in [-0.39, 0.29) is 34.8 Å². The van der Waals surface area contributed by atoms with Gasteiger partial charge in [-0.1, -0.05) is 30.3 Å². The first kappa shape index (κ1) is 22.0. The summed E-state index contributed by atoms with van der Waals surface area (Å²) in [6.07, 6.45) is 3.56. The number of halogens is 1. The van der Waals surface area contributed by atoms with Gasteiger partial charge in [-0.15, -0.1) is 0 Å². The summed E-state index contributed by atoms with van der Waals surface area (Å²) >= 11 is 0. The van der Waals surface area contributed by atoms with E-state index in [1.54, 1.807) is 21.6 Å². The highest BCUT2D eigenvalue weighted by atomic mass is 19.1. The van der Waals surface area contributed by atoms with Crippen molar-refractivity contribution in [3.05, 3.63) is 69.8 Å². The zero-order valence-corrected chi connectivity index (χ0v) is 18.3. The number of anilines is 1. The molecular formula is C24H24FN5O4. The first-order valence-corrected chi connectivity index (χ1v) is 11.2. The molecule has 0 spiro atoms. The van der Waals surface area contributed by atoms with Gasteiger partial charge < -0.3 is 25.6 Å².